The van der Waals surface area contributed by atoms with E-state index in [-0.39, 0.29) is 11.8 Å². The molecular formula is C22H26N2O3. The number of hydrogen-bond donors (Lipinski definition) is 1. The van der Waals surface area contributed by atoms with E-state index in [0.29, 0.717) is 39.1 Å². The molecule has 1 saturated heterocycles. The lowest BCUT2D eigenvalue weighted by Crippen LogP contribution is -2.53. The number of para-hydroxylation sites is 1. The lowest BCUT2D eigenvalue weighted by atomic mass is 9.72. The highest BCUT2D eigenvalue weighted by molar-refractivity contribution is 5.88. The molecule has 1 fully saturated rings. The van der Waals surface area contributed by atoms with E-state index in [0.717, 1.165) is 11.3 Å². The molecule has 5 nitrogen and oxygen atoms in total. The number of nitrogens with zero attached hydrogens (tertiary/aromatic N) is 1. The minimum atomic E-state index is -0.597. The molecule has 0 bridgehead atoms. The minimum absolute atomic E-state index is 0.00793. The van der Waals surface area contributed by atoms with E-state index < -0.39 is 5.41 Å². The Bertz CT molecular complexity index is 754. The van der Waals surface area contributed by atoms with Crippen LogP contribution >= 0.6 is 0 Å². The second kappa shape index (κ2) is 8.71. The van der Waals surface area contributed by atoms with Crippen molar-refractivity contribution in [1.82, 2.24) is 10.2 Å². The summed E-state index contributed by atoms with van der Waals surface area (Å²) in [5, 5.41) is 3.04. The first-order chi connectivity index (χ1) is 13.1. The molecule has 2 aromatic rings. The molecule has 0 atom stereocenters. The molecular weight excluding hydrogens is 340 g/mol. The first kappa shape index (κ1) is 19.0. The number of rotatable bonds is 6. The van der Waals surface area contributed by atoms with E-state index in [4.69, 9.17) is 4.74 Å². The Balaban J connectivity index is 1.64. The van der Waals surface area contributed by atoms with Gasteiger partial charge in [-0.2, -0.15) is 0 Å². The molecule has 1 N–H and O–H groups in total. The van der Waals surface area contributed by atoms with Crippen LogP contribution in [0.2, 0.25) is 0 Å². The second-order valence-electron chi connectivity index (χ2n) is 6.87. The zero-order chi connectivity index (χ0) is 19.1. The summed E-state index contributed by atoms with van der Waals surface area (Å²) in [6.07, 6.45) is 1.25. The maximum Gasteiger partial charge on any atom is 0.230 e. The van der Waals surface area contributed by atoms with Crippen molar-refractivity contribution in [2.45, 2.75) is 25.2 Å². The van der Waals surface area contributed by atoms with Crippen LogP contribution in [0.25, 0.3) is 0 Å². The van der Waals surface area contributed by atoms with E-state index in [1.54, 1.807) is 6.92 Å². The standard InChI is InChI=1S/C22H26N2O3/c1-18(25)24-15-12-22(13-16-24,19-8-4-2-5-9-19)21(26)23-14-17-27-20-10-6-3-7-11-20/h2-11H,12-17H2,1H3,(H,23,26). The number of carbonyl (C=O) groups is 2. The number of piperidine rings is 1. The van der Waals surface area contributed by atoms with Gasteiger partial charge in [0, 0.05) is 20.0 Å². The van der Waals surface area contributed by atoms with Crippen LogP contribution in [-0.2, 0) is 15.0 Å². The number of nitrogens with one attached hydrogen (secondary N) is 1. The molecule has 2 aromatic carbocycles. The zero-order valence-corrected chi connectivity index (χ0v) is 15.7. The van der Waals surface area contributed by atoms with Gasteiger partial charge in [-0.1, -0.05) is 48.5 Å². The van der Waals surface area contributed by atoms with Crippen LogP contribution in [0, 0.1) is 0 Å². The van der Waals surface area contributed by atoms with Crippen LogP contribution in [0.5, 0.6) is 5.75 Å². The fraction of sp³-hybridized carbons (Fsp3) is 0.364. The summed E-state index contributed by atoms with van der Waals surface area (Å²) < 4.78 is 5.66. The Hall–Kier alpha value is -2.82. The van der Waals surface area contributed by atoms with Crippen molar-refractivity contribution in [1.29, 1.82) is 0 Å². The molecule has 0 aliphatic carbocycles. The van der Waals surface area contributed by atoms with Crippen molar-refractivity contribution in [2.24, 2.45) is 0 Å². The largest absolute Gasteiger partial charge is 0.492 e. The third-order valence-electron chi connectivity index (χ3n) is 5.22. The van der Waals surface area contributed by atoms with Gasteiger partial charge in [-0.15, -0.1) is 0 Å². The summed E-state index contributed by atoms with van der Waals surface area (Å²) in [6, 6.07) is 19.4. The normalized spacial score (nSPS) is 15.8. The maximum absolute atomic E-state index is 13.1. The van der Waals surface area contributed by atoms with E-state index >= 15 is 0 Å². The molecule has 1 aliphatic heterocycles. The van der Waals surface area contributed by atoms with Gasteiger partial charge >= 0.3 is 0 Å². The van der Waals surface area contributed by atoms with E-state index in [1.165, 1.54) is 0 Å². The Morgan fingerprint density at radius 2 is 1.59 bits per heavy atom. The van der Waals surface area contributed by atoms with Crippen LogP contribution in [0.15, 0.2) is 60.7 Å². The summed E-state index contributed by atoms with van der Waals surface area (Å²) in [4.78, 5) is 26.6. The highest BCUT2D eigenvalue weighted by Crippen LogP contribution is 2.36. The molecule has 0 spiro atoms. The average Bonchev–Trinajstić information content (AvgIpc) is 2.72. The van der Waals surface area contributed by atoms with Gasteiger partial charge in [-0.3, -0.25) is 9.59 Å². The number of ether oxygens (including phenoxy) is 1. The number of hydrogen-bond acceptors (Lipinski definition) is 3. The lowest BCUT2D eigenvalue weighted by molar-refractivity contribution is -0.135. The van der Waals surface area contributed by atoms with E-state index in [2.05, 4.69) is 5.32 Å². The van der Waals surface area contributed by atoms with Crippen LogP contribution in [0.1, 0.15) is 25.3 Å². The van der Waals surface area contributed by atoms with Crippen molar-refractivity contribution in [3.63, 3.8) is 0 Å². The Morgan fingerprint density at radius 1 is 1.00 bits per heavy atom. The van der Waals surface area contributed by atoms with Gasteiger partial charge in [0.2, 0.25) is 11.8 Å². The number of benzene rings is 2. The summed E-state index contributed by atoms with van der Waals surface area (Å²) in [6.45, 7) is 3.63. The number of carbonyl (C=O) groups excluding carboxylic acids is 2. The summed E-state index contributed by atoms with van der Waals surface area (Å²) in [5.74, 6) is 0.862. The quantitative estimate of drug-likeness (QED) is 0.800. The topological polar surface area (TPSA) is 58.6 Å². The van der Waals surface area contributed by atoms with Crippen LogP contribution in [-0.4, -0.2) is 43.0 Å². The smallest absolute Gasteiger partial charge is 0.230 e. The van der Waals surface area contributed by atoms with Gasteiger partial charge in [-0.25, -0.2) is 0 Å². The van der Waals surface area contributed by atoms with Crippen molar-refractivity contribution in [3.05, 3.63) is 66.2 Å². The van der Waals surface area contributed by atoms with Crippen molar-refractivity contribution in [2.75, 3.05) is 26.2 Å². The van der Waals surface area contributed by atoms with Gasteiger partial charge in [0.15, 0.2) is 0 Å². The summed E-state index contributed by atoms with van der Waals surface area (Å²) >= 11 is 0. The van der Waals surface area contributed by atoms with Gasteiger partial charge in [0.05, 0.1) is 12.0 Å². The maximum atomic E-state index is 13.1. The molecule has 2 amide bonds. The molecule has 0 unspecified atom stereocenters. The monoisotopic (exact) mass is 366 g/mol. The third-order valence-corrected chi connectivity index (χ3v) is 5.22. The average molecular weight is 366 g/mol. The molecule has 1 aliphatic rings. The molecule has 0 aromatic heterocycles. The number of amides is 2. The molecule has 1 heterocycles. The molecule has 0 radical (unpaired) electrons. The predicted octanol–water partition coefficient (Wildman–Crippen LogP) is 2.76. The van der Waals surface area contributed by atoms with Gasteiger partial charge in [0.25, 0.3) is 0 Å². The fourth-order valence-corrected chi connectivity index (χ4v) is 3.63. The predicted molar refractivity (Wildman–Crippen MR) is 105 cm³/mol. The van der Waals surface area contributed by atoms with Gasteiger partial charge in [-0.05, 0) is 30.5 Å². The van der Waals surface area contributed by atoms with Crippen LogP contribution in [0.3, 0.4) is 0 Å². The van der Waals surface area contributed by atoms with E-state index in [1.807, 2.05) is 65.6 Å². The fourth-order valence-electron chi connectivity index (χ4n) is 3.63. The third kappa shape index (κ3) is 4.48. The first-order valence-corrected chi connectivity index (χ1v) is 9.39. The first-order valence-electron chi connectivity index (χ1n) is 9.39. The van der Waals surface area contributed by atoms with Crippen LogP contribution < -0.4 is 10.1 Å². The highest BCUT2D eigenvalue weighted by atomic mass is 16.5. The number of likely N-dealkylation sites (tertiary alicyclic amines) is 1. The molecule has 142 valence electrons. The Morgan fingerprint density at radius 3 is 2.19 bits per heavy atom. The highest BCUT2D eigenvalue weighted by Gasteiger charge is 2.43. The van der Waals surface area contributed by atoms with Crippen molar-refractivity contribution < 1.29 is 14.3 Å². The van der Waals surface area contributed by atoms with Gasteiger partial charge in [0.1, 0.15) is 12.4 Å². The second-order valence-corrected chi connectivity index (χ2v) is 6.87. The summed E-state index contributed by atoms with van der Waals surface area (Å²) in [7, 11) is 0. The van der Waals surface area contributed by atoms with Crippen LogP contribution in [0.4, 0.5) is 0 Å². The van der Waals surface area contributed by atoms with E-state index in [9.17, 15) is 9.59 Å². The molecule has 3 rings (SSSR count). The van der Waals surface area contributed by atoms with Crippen molar-refractivity contribution in [3.8, 4) is 5.75 Å². The molecule has 27 heavy (non-hydrogen) atoms. The SMILES string of the molecule is CC(=O)N1CCC(C(=O)NCCOc2ccccc2)(c2ccccc2)CC1. The Labute approximate surface area is 160 Å². The van der Waals surface area contributed by atoms with Crippen molar-refractivity contribution >= 4 is 11.8 Å². The Kier molecular flexibility index (Phi) is 6.12. The van der Waals surface area contributed by atoms with Gasteiger partial charge < -0.3 is 15.0 Å². The molecule has 5 heteroatoms. The molecule has 0 saturated carbocycles. The zero-order valence-electron chi connectivity index (χ0n) is 15.7. The summed E-state index contributed by atoms with van der Waals surface area (Å²) in [5.41, 5.74) is 0.412. The minimum Gasteiger partial charge on any atom is -0.492 e. The lowest BCUT2D eigenvalue weighted by Gasteiger charge is -2.40.